The molecule has 0 saturated heterocycles. The number of amides is 1. The van der Waals surface area contributed by atoms with Crippen molar-refractivity contribution < 1.29 is 37.3 Å². The number of alkyl halides is 3. The second-order valence-corrected chi connectivity index (χ2v) is 8.29. The number of hydrazine groups is 1. The molecule has 0 spiro atoms. The number of nitrogens with zero attached hydrogens (tertiary/aromatic N) is 1. The Bertz CT molecular complexity index is 1150. The van der Waals surface area contributed by atoms with E-state index in [0.717, 1.165) is 6.07 Å². The fraction of sp³-hybridized carbons (Fsp3) is 0.348. The molecule has 3 aliphatic heterocycles. The Hall–Kier alpha value is -3.55. The lowest BCUT2D eigenvalue weighted by molar-refractivity contribution is -0.138. The molecule has 36 heavy (non-hydrogen) atoms. The van der Waals surface area contributed by atoms with E-state index in [-0.39, 0.29) is 35.9 Å². The van der Waals surface area contributed by atoms with Gasteiger partial charge in [-0.25, -0.2) is 9.82 Å². The highest BCUT2D eigenvalue weighted by atomic mass is 19.4. The maximum absolute atomic E-state index is 14.1. The SMILES string of the molecule is CC1=C(C(=O)NC2=C(F)CNC=C2)N2NC(c3ccccc3C(F)(F)F)C=C(OC[C@H](O)CO)C2N1. The number of aliphatic hydroxyl groups is 2. The van der Waals surface area contributed by atoms with Crippen molar-refractivity contribution in [3.8, 4) is 0 Å². The molecule has 0 aliphatic carbocycles. The molecule has 6 N–H and O–H groups in total. The van der Waals surface area contributed by atoms with Gasteiger partial charge < -0.3 is 30.9 Å². The van der Waals surface area contributed by atoms with E-state index in [9.17, 15) is 27.5 Å². The number of benzene rings is 1. The lowest BCUT2D eigenvalue weighted by atomic mass is 9.98. The number of carbonyl (C=O) groups is 1. The Balaban J connectivity index is 1.69. The van der Waals surface area contributed by atoms with Gasteiger partial charge in [-0.2, -0.15) is 13.2 Å². The van der Waals surface area contributed by atoms with E-state index in [4.69, 9.17) is 9.84 Å². The topological polar surface area (TPSA) is 118 Å². The van der Waals surface area contributed by atoms with Gasteiger partial charge in [-0.1, -0.05) is 18.2 Å². The summed E-state index contributed by atoms with van der Waals surface area (Å²) in [6.07, 6.45) is -2.49. The summed E-state index contributed by atoms with van der Waals surface area (Å²) in [7, 11) is 0. The molecule has 1 aromatic carbocycles. The number of allylic oxidation sites excluding steroid dienone is 2. The number of hydrogen-bond acceptors (Lipinski definition) is 8. The van der Waals surface area contributed by atoms with E-state index >= 15 is 0 Å². The van der Waals surface area contributed by atoms with Crippen LogP contribution in [0.1, 0.15) is 24.1 Å². The summed E-state index contributed by atoms with van der Waals surface area (Å²) in [5.41, 5.74) is 2.25. The second kappa shape index (κ2) is 10.2. The first-order valence-electron chi connectivity index (χ1n) is 11.0. The minimum absolute atomic E-state index is 0.0126. The minimum Gasteiger partial charge on any atom is -0.491 e. The molecule has 0 fully saturated rings. The zero-order valence-electron chi connectivity index (χ0n) is 19.1. The smallest absolute Gasteiger partial charge is 0.416 e. The fourth-order valence-corrected chi connectivity index (χ4v) is 4.03. The molecule has 194 valence electrons. The van der Waals surface area contributed by atoms with Crippen molar-refractivity contribution in [1.29, 1.82) is 0 Å². The van der Waals surface area contributed by atoms with Crippen LogP contribution in [0.5, 0.6) is 0 Å². The zero-order valence-corrected chi connectivity index (χ0v) is 19.1. The molecule has 3 atom stereocenters. The normalized spacial score (nSPS) is 22.5. The summed E-state index contributed by atoms with van der Waals surface area (Å²) in [4.78, 5) is 13.2. The van der Waals surface area contributed by atoms with Gasteiger partial charge in [-0.05, 0) is 36.9 Å². The van der Waals surface area contributed by atoms with Crippen LogP contribution in [0.4, 0.5) is 17.6 Å². The molecule has 3 heterocycles. The monoisotopic (exact) mass is 511 g/mol. The maximum atomic E-state index is 14.1. The lowest BCUT2D eigenvalue weighted by Gasteiger charge is -2.38. The molecule has 0 aromatic heterocycles. The quantitative estimate of drug-likeness (QED) is 0.304. The van der Waals surface area contributed by atoms with Gasteiger partial charge >= 0.3 is 6.18 Å². The number of aliphatic hydroxyl groups excluding tert-OH is 2. The molecule has 1 amide bonds. The molecule has 3 aliphatic rings. The molecule has 13 heteroatoms. The van der Waals surface area contributed by atoms with Gasteiger partial charge in [-0.15, -0.1) is 0 Å². The van der Waals surface area contributed by atoms with Crippen LogP contribution in [0.2, 0.25) is 0 Å². The fourth-order valence-electron chi connectivity index (χ4n) is 4.03. The van der Waals surface area contributed by atoms with Crippen LogP contribution in [0.3, 0.4) is 0 Å². The summed E-state index contributed by atoms with van der Waals surface area (Å²) < 4.78 is 61.0. The molecule has 9 nitrogen and oxygen atoms in total. The van der Waals surface area contributed by atoms with Gasteiger partial charge in [0.25, 0.3) is 5.91 Å². The Kier molecular flexibility index (Phi) is 7.24. The van der Waals surface area contributed by atoms with Crippen LogP contribution in [-0.2, 0) is 15.7 Å². The summed E-state index contributed by atoms with van der Waals surface area (Å²) in [6, 6.07) is 3.90. The largest absolute Gasteiger partial charge is 0.491 e. The third-order valence-electron chi connectivity index (χ3n) is 5.72. The first-order chi connectivity index (χ1) is 17.1. The molecule has 0 saturated carbocycles. The highest BCUT2D eigenvalue weighted by Crippen LogP contribution is 2.38. The highest BCUT2D eigenvalue weighted by Gasteiger charge is 2.43. The van der Waals surface area contributed by atoms with Gasteiger partial charge in [0.2, 0.25) is 0 Å². The number of rotatable bonds is 7. The lowest BCUT2D eigenvalue weighted by Crippen LogP contribution is -2.54. The standard InChI is InChI=1S/C23H25F4N5O4/c1-12-20(22(35)30-17-6-7-28-9-16(17)24)32-21(29-12)19(36-11-13(34)10-33)8-18(31-32)14-4-2-3-5-15(14)23(25,26)27/h2-8,13,18,21,28-29,31,33-34H,9-11H2,1H3,(H,30,35)/t13-,18?,21?/m1/s1. The van der Waals surface area contributed by atoms with Crippen molar-refractivity contribution in [1.82, 2.24) is 26.4 Å². The van der Waals surface area contributed by atoms with Crippen molar-refractivity contribution in [2.24, 2.45) is 0 Å². The number of ether oxygens (including phenoxy) is 1. The molecule has 4 rings (SSSR count). The Morgan fingerprint density at radius 2 is 2.08 bits per heavy atom. The van der Waals surface area contributed by atoms with E-state index in [1.165, 1.54) is 41.6 Å². The van der Waals surface area contributed by atoms with Crippen molar-refractivity contribution in [3.05, 3.63) is 82.4 Å². The molecule has 0 bridgehead atoms. The number of carbonyl (C=O) groups excluding carboxylic acids is 1. The molecular weight excluding hydrogens is 486 g/mol. The van der Waals surface area contributed by atoms with Crippen LogP contribution >= 0.6 is 0 Å². The average molecular weight is 511 g/mol. The summed E-state index contributed by atoms with van der Waals surface area (Å²) in [5.74, 6) is -1.17. The van der Waals surface area contributed by atoms with E-state index in [1.807, 2.05) is 0 Å². The van der Waals surface area contributed by atoms with Crippen molar-refractivity contribution in [2.75, 3.05) is 19.8 Å². The Morgan fingerprint density at radius 3 is 2.78 bits per heavy atom. The van der Waals surface area contributed by atoms with Gasteiger partial charge in [0.05, 0.1) is 30.5 Å². The molecule has 0 radical (unpaired) electrons. The average Bonchev–Trinajstić information content (AvgIpc) is 3.19. The molecule has 1 aromatic rings. The maximum Gasteiger partial charge on any atom is 0.416 e. The third-order valence-corrected chi connectivity index (χ3v) is 5.72. The predicted molar refractivity (Wildman–Crippen MR) is 119 cm³/mol. The van der Waals surface area contributed by atoms with Crippen molar-refractivity contribution in [2.45, 2.75) is 31.4 Å². The Morgan fingerprint density at radius 1 is 1.33 bits per heavy atom. The van der Waals surface area contributed by atoms with E-state index < -0.39 is 48.4 Å². The van der Waals surface area contributed by atoms with Crippen LogP contribution in [0, 0.1) is 0 Å². The molecular formula is C23H25F4N5O4. The van der Waals surface area contributed by atoms with Crippen molar-refractivity contribution in [3.63, 3.8) is 0 Å². The highest BCUT2D eigenvalue weighted by molar-refractivity contribution is 5.95. The second-order valence-electron chi connectivity index (χ2n) is 8.29. The van der Waals surface area contributed by atoms with Gasteiger partial charge in [-0.3, -0.25) is 9.80 Å². The van der Waals surface area contributed by atoms with Crippen LogP contribution in [0.25, 0.3) is 0 Å². The van der Waals surface area contributed by atoms with E-state index in [0.29, 0.717) is 5.70 Å². The third kappa shape index (κ3) is 5.17. The van der Waals surface area contributed by atoms with Gasteiger partial charge in [0, 0.05) is 5.70 Å². The first-order valence-corrected chi connectivity index (χ1v) is 11.0. The van der Waals surface area contributed by atoms with Crippen LogP contribution in [-0.4, -0.2) is 53.2 Å². The van der Waals surface area contributed by atoms with E-state index in [2.05, 4.69) is 21.4 Å². The Labute approximate surface area is 203 Å². The summed E-state index contributed by atoms with van der Waals surface area (Å²) in [6.45, 7) is 0.564. The molecule has 2 unspecified atom stereocenters. The van der Waals surface area contributed by atoms with Crippen LogP contribution < -0.4 is 21.4 Å². The number of hydrogen-bond donors (Lipinski definition) is 6. The predicted octanol–water partition coefficient (Wildman–Crippen LogP) is 1.40. The zero-order chi connectivity index (χ0) is 26.0. The van der Waals surface area contributed by atoms with Crippen molar-refractivity contribution >= 4 is 5.91 Å². The number of nitrogens with one attached hydrogen (secondary N) is 4. The number of fused-ring (bicyclic) bond motifs is 1. The van der Waals surface area contributed by atoms with E-state index in [1.54, 1.807) is 6.92 Å². The summed E-state index contributed by atoms with van der Waals surface area (Å²) in [5, 5.41) is 28.4. The van der Waals surface area contributed by atoms with Crippen LogP contribution in [0.15, 0.2) is 71.3 Å². The number of dihydropyridines is 1. The number of halogens is 4. The minimum atomic E-state index is -4.64. The summed E-state index contributed by atoms with van der Waals surface area (Å²) >= 11 is 0. The van der Waals surface area contributed by atoms with Gasteiger partial charge in [0.1, 0.15) is 30.0 Å². The van der Waals surface area contributed by atoms with Gasteiger partial charge in [0.15, 0.2) is 6.17 Å². The first kappa shape index (κ1) is 25.5.